The molecule has 0 amide bonds. The average Bonchev–Trinajstić information content (AvgIpc) is 2.90. The molecule has 268 valence electrons. The van der Waals surface area contributed by atoms with Crippen LogP contribution in [0.15, 0.2) is 12.2 Å². The largest absolute Gasteiger partial charge is 0.460 e. The lowest BCUT2D eigenvalue weighted by Crippen LogP contribution is -2.74. The van der Waals surface area contributed by atoms with Gasteiger partial charge in [0.05, 0.1) is 19.8 Å². The predicted molar refractivity (Wildman–Crippen MR) is 110 cm³/mol. The van der Waals surface area contributed by atoms with Crippen molar-refractivity contribution in [3.63, 3.8) is 0 Å². The van der Waals surface area contributed by atoms with E-state index in [9.17, 15) is 90.0 Å². The molecule has 0 unspecified atom stereocenters. The summed E-state index contributed by atoms with van der Waals surface area (Å²) in [5, 5.41) is 38.0. The van der Waals surface area contributed by atoms with Crippen molar-refractivity contribution in [3.05, 3.63) is 12.2 Å². The third-order valence-corrected chi connectivity index (χ3v) is 6.15. The Labute approximate surface area is 240 Å². The van der Waals surface area contributed by atoms with E-state index in [0.717, 1.165) is 12.2 Å². The van der Waals surface area contributed by atoms with Crippen LogP contribution in [0.2, 0.25) is 0 Å². The van der Waals surface area contributed by atoms with Crippen LogP contribution in [0.4, 0.5) is 74.6 Å². The van der Waals surface area contributed by atoms with Crippen molar-refractivity contribution >= 4 is 0 Å². The maximum Gasteiger partial charge on any atom is 0.460 e. The maximum atomic E-state index is 13.8. The van der Waals surface area contributed by atoms with Crippen molar-refractivity contribution in [2.24, 2.45) is 0 Å². The molecule has 1 aliphatic rings. The molecular weight excluding hydrogens is 687 g/mol. The molecule has 0 aromatic heterocycles. The van der Waals surface area contributed by atoms with Gasteiger partial charge >= 0.3 is 47.6 Å². The lowest BCUT2D eigenvalue weighted by atomic mass is 9.88. The van der Waals surface area contributed by atoms with Gasteiger partial charge in [0, 0.05) is 13.0 Å². The van der Waals surface area contributed by atoms with Crippen LogP contribution in [-0.4, -0.2) is 125 Å². The molecule has 4 N–H and O–H groups in total. The van der Waals surface area contributed by atoms with E-state index >= 15 is 0 Å². The van der Waals surface area contributed by atoms with Gasteiger partial charge in [0.25, 0.3) is 0 Å². The number of hydrogen-bond acceptors (Lipinski definition) is 7. The molecule has 0 radical (unpaired) electrons. The van der Waals surface area contributed by atoms with Crippen LogP contribution in [0, 0.1) is 0 Å². The van der Waals surface area contributed by atoms with Crippen molar-refractivity contribution in [2.75, 3.05) is 26.4 Å². The minimum Gasteiger partial charge on any atom is -0.394 e. The molecule has 0 saturated carbocycles. The Morgan fingerprint density at radius 2 is 1.02 bits per heavy atom. The summed E-state index contributed by atoms with van der Waals surface area (Å²) in [7, 11) is 0. The fraction of sp³-hybridized carbons (Fsp3) is 0.905. The second-order valence-electron chi connectivity index (χ2n) is 9.33. The van der Waals surface area contributed by atoms with E-state index in [1.165, 1.54) is 0 Å². The smallest absolute Gasteiger partial charge is 0.394 e. The highest BCUT2D eigenvalue weighted by atomic mass is 19.4. The summed E-state index contributed by atoms with van der Waals surface area (Å²) in [6.07, 6.45) is -18.0. The summed E-state index contributed by atoms with van der Waals surface area (Å²) in [4.78, 5) is 0. The minimum atomic E-state index is -8.68. The first-order valence-electron chi connectivity index (χ1n) is 11.9. The van der Waals surface area contributed by atoms with E-state index in [1.54, 1.807) is 0 Å². The van der Waals surface area contributed by atoms with Crippen LogP contribution in [0.1, 0.15) is 12.8 Å². The van der Waals surface area contributed by atoms with Gasteiger partial charge in [0.2, 0.25) is 0 Å². The van der Waals surface area contributed by atoms with Gasteiger partial charge in [-0.3, -0.25) is 0 Å². The average molecular weight is 710 g/mol. The van der Waals surface area contributed by atoms with Gasteiger partial charge in [-0.1, -0.05) is 12.2 Å². The van der Waals surface area contributed by atoms with Gasteiger partial charge in [0.1, 0.15) is 24.4 Å². The Morgan fingerprint density at radius 1 is 0.578 bits per heavy atom. The summed E-state index contributed by atoms with van der Waals surface area (Å²) < 4.78 is 240. The Hall–Kier alpha value is -1.73. The normalized spacial score (nSPS) is 25.3. The van der Waals surface area contributed by atoms with E-state index in [1.807, 2.05) is 0 Å². The zero-order valence-electron chi connectivity index (χ0n) is 21.7. The van der Waals surface area contributed by atoms with Crippen molar-refractivity contribution in [1.29, 1.82) is 0 Å². The number of rotatable bonds is 16. The first-order valence-corrected chi connectivity index (χ1v) is 11.9. The molecule has 0 spiro atoms. The molecule has 45 heavy (non-hydrogen) atoms. The van der Waals surface area contributed by atoms with Crippen LogP contribution < -0.4 is 0 Å². The second kappa shape index (κ2) is 13.8. The maximum absolute atomic E-state index is 13.8. The third-order valence-electron chi connectivity index (χ3n) is 6.15. The lowest BCUT2D eigenvalue weighted by molar-refractivity contribution is -0.461. The predicted octanol–water partition coefficient (Wildman–Crippen LogP) is 4.17. The van der Waals surface area contributed by atoms with Gasteiger partial charge in [0.15, 0.2) is 6.29 Å². The van der Waals surface area contributed by atoms with E-state index < -0.39 is 118 Å². The van der Waals surface area contributed by atoms with E-state index in [0.29, 0.717) is 0 Å². The Bertz CT molecular complexity index is 987. The van der Waals surface area contributed by atoms with E-state index in [2.05, 4.69) is 4.74 Å². The molecule has 7 nitrogen and oxygen atoms in total. The summed E-state index contributed by atoms with van der Waals surface area (Å²) in [5.74, 6) is -56.6. The number of hydrogen-bond donors (Lipinski definition) is 4. The van der Waals surface area contributed by atoms with E-state index in [4.69, 9.17) is 14.6 Å². The summed E-state index contributed by atoms with van der Waals surface area (Å²) >= 11 is 0. The molecule has 5 atom stereocenters. The van der Waals surface area contributed by atoms with Crippen LogP contribution in [0.3, 0.4) is 0 Å². The molecule has 1 rings (SSSR count). The molecular formula is C21H23F17O7. The minimum absolute atomic E-state index is 0.460. The fourth-order valence-electron chi connectivity index (χ4n) is 3.39. The molecule has 1 saturated heterocycles. The molecule has 0 aromatic rings. The topological polar surface area (TPSA) is 109 Å². The van der Waals surface area contributed by atoms with Crippen molar-refractivity contribution in [2.45, 2.75) is 91.2 Å². The van der Waals surface area contributed by atoms with Crippen molar-refractivity contribution in [1.82, 2.24) is 0 Å². The quantitative estimate of drug-likeness (QED) is 0.108. The van der Waals surface area contributed by atoms with Crippen molar-refractivity contribution in [3.8, 4) is 0 Å². The number of halogens is 17. The van der Waals surface area contributed by atoms with Gasteiger partial charge in [-0.25, -0.2) is 0 Å². The first kappa shape index (κ1) is 41.3. The van der Waals surface area contributed by atoms with Crippen LogP contribution in [0.5, 0.6) is 0 Å². The highest BCUT2D eigenvalue weighted by molar-refractivity contribution is 5.15. The fourth-order valence-corrected chi connectivity index (χ4v) is 3.39. The highest BCUT2D eigenvalue weighted by Crippen LogP contribution is 2.64. The highest BCUT2D eigenvalue weighted by Gasteiger charge is 2.95. The number of aliphatic hydroxyl groups excluding tert-OH is 4. The zero-order valence-corrected chi connectivity index (χ0v) is 21.7. The van der Waals surface area contributed by atoms with Crippen LogP contribution in [-0.2, 0) is 14.2 Å². The van der Waals surface area contributed by atoms with Gasteiger partial charge in [-0.15, -0.1) is 0 Å². The Morgan fingerprint density at radius 3 is 1.49 bits per heavy atom. The Kier molecular flexibility index (Phi) is 12.6. The van der Waals surface area contributed by atoms with Gasteiger partial charge in [-0.2, -0.15) is 74.6 Å². The summed E-state index contributed by atoms with van der Waals surface area (Å²) in [6, 6.07) is 0. The number of alkyl halides is 17. The van der Waals surface area contributed by atoms with Crippen LogP contribution in [0.25, 0.3) is 0 Å². The molecule has 0 aliphatic carbocycles. The molecule has 0 bridgehead atoms. The molecule has 1 heterocycles. The second-order valence-corrected chi connectivity index (χ2v) is 9.33. The zero-order chi connectivity index (χ0) is 35.7. The number of aliphatic hydroxyl groups is 4. The monoisotopic (exact) mass is 710 g/mol. The molecule has 1 fully saturated rings. The summed E-state index contributed by atoms with van der Waals surface area (Å²) in [6.45, 7) is -2.94. The van der Waals surface area contributed by atoms with Gasteiger partial charge < -0.3 is 34.6 Å². The molecule has 1 aliphatic heterocycles. The SMILES string of the molecule is OC[C@H]1O[C@@H](OC/C=C\COCCCC(F)(F)C(F)(F)C(F)(F)C(F)(F)C(F)(F)C(F)(F)C(F)(F)C(F)(F)F)[C@H](O)[C@@H](O)[C@H]1O. The third kappa shape index (κ3) is 7.40. The molecule has 0 aromatic carbocycles. The lowest BCUT2D eigenvalue weighted by Gasteiger charge is -2.42. The molecule has 24 heteroatoms. The first-order chi connectivity index (χ1) is 20.0. The summed E-state index contributed by atoms with van der Waals surface area (Å²) in [5.41, 5.74) is 0. The number of ether oxygens (including phenoxy) is 3. The van der Waals surface area contributed by atoms with Crippen LogP contribution >= 0.6 is 0 Å². The van der Waals surface area contributed by atoms with Gasteiger partial charge in [-0.05, 0) is 6.42 Å². The Balaban J connectivity index is 2.80. The van der Waals surface area contributed by atoms with Crippen molar-refractivity contribution < 1.29 is 109 Å². The standard InChI is InChI=1S/C21H23F17O7/c22-14(23,4-3-6-43-5-1-2-7-44-13-12(42)11(41)10(40)9(8-39)45-13)15(24,25)16(26,27)17(28,29)18(30,31)19(32,33)20(34,35)21(36,37)38/h1-2,9-13,39-42H,3-8H2/b2-1-/t9-,10+,11+,12-,13-/m1/s1. The van der Waals surface area contributed by atoms with E-state index in [-0.39, 0.29) is 0 Å².